The van der Waals surface area contributed by atoms with E-state index in [0.717, 1.165) is 59.2 Å². The van der Waals surface area contributed by atoms with Crippen molar-refractivity contribution in [3.8, 4) is 5.75 Å². The second kappa shape index (κ2) is 8.56. The maximum absolute atomic E-state index is 6.16. The molecule has 138 valence electrons. The van der Waals surface area contributed by atoms with Crippen molar-refractivity contribution in [2.75, 3.05) is 13.7 Å². The van der Waals surface area contributed by atoms with E-state index in [1.54, 1.807) is 7.11 Å². The van der Waals surface area contributed by atoms with Gasteiger partial charge >= 0.3 is 0 Å². The van der Waals surface area contributed by atoms with Crippen LogP contribution in [-0.4, -0.2) is 23.2 Å². The predicted molar refractivity (Wildman–Crippen MR) is 108 cm³/mol. The van der Waals surface area contributed by atoms with Gasteiger partial charge in [-0.2, -0.15) is 0 Å². The van der Waals surface area contributed by atoms with E-state index in [4.69, 9.17) is 21.3 Å². The number of imidazole rings is 1. The zero-order valence-corrected chi connectivity index (χ0v) is 16.4. The maximum Gasteiger partial charge on any atom is 0.124 e. The molecule has 0 bridgehead atoms. The number of methoxy groups -OCH3 is 1. The number of aromatic nitrogens is 2. The molecule has 0 amide bonds. The highest BCUT2D eigenvalue weighted by Gasteiger charge is 2.12. The summed E-state index contributed by atoms with van der Waals surface area (Å²) in [6.07, 6.45) is 1.16. The first-order valence-electron chi connectivity index (χ1n) is 9.05. The Morgan fingerprint density at radius 2 is 2.04 bits per heavy atom. The lowest BCUT2D eigenvalue weighted by Gasteiger charge is -2.11. The van der Waals surface area contributed by atoms with Crippen molar-refractivity contribution in [3.63, 3.8) is 0 Å². The summed E-state index contributed by atoms with van der Waals surface area (Å²) in [5, 5.41) is 4.27. The molecule has 0 spiro atoms. The molecule has 4 nitrogen and oxygen atoms in total. The predicted octanol–water partition coefficient (Wildman–Crippen LogP) is 4.88. The number of hydrogen-bond donors (Lipinski definition) is 1. The van der Waals surface area contributed by atoms with Gasteiger partial charge in [0.15, 0.2) is 0 Å². The lowest BCUT2D eigenvalue weighted by Crippen LogP contribution is -2.19. The fourth-order valence-electron chi connectivity index (χ4n) is 3.01. The standard InChI is InChI=1S/C21H26ClN3O/c1-15(2)9-10-23-13-21-24-19-12-18(26-3)7-8-20(19)25(21)14-16-5-4-6-17(22)11-16/h4-8,11-12,15,23H,9-10,13-14H2,1-3H3. The topological polar surface area (TPSA) is 39.1 Å². The van der Waals surface area contributed by atoms with Crippen molar-refractivity contribution in [2.24, 2.45) is 5.92 Å². The van der Waals surface area contributed by atoms with E-state index in [9.17, 15) is 0 Å². The second-order valence-electron chi connectivity index (χ2n) is 6.96. The first-order valence-corrected chi connectivity index (χ1v) is 9.43. The van der Waals surface area contributed by atoms with Crippen molar-refractivity contribution < 1.29 is 4.74 Å². The molecule has 0 aliphatic heterocycles. The van der Waals surface area contributed by atoms with Gasteiger partial charge in [0.05, 0.1) is 24.7 Å². The molecular weight excluding hydrogens is 346 g/mol. The van der Waals surface area contributed by atoms with E-state index in [0.29, 0.717) is 5.92 Å². The van der Waals surface area contributed by atoms with E-state index in [-0.39, 0.29) is 0 Å². The highest BCUT2D eigenvalue weighted by Crippen LogP contribution is 2.23. The molecular formula is C21H26ClN3O. The van der Waals surface area contributed by atoms with Gasteiger partial charge in [-0.05, 0) is 48.7 Å². The van der Waals surface area contributed by atoms with Crippen LogP contribution in [0.2, 0.25) is 5.02 Å². The molecule has 0 aliphatic carbocycles. The molecule has 3 rings (SSSR count). The Kier molecular flexibility index (Phi) is 6.17. The number of hydrogen-bond acceptors (Lipinski definition) is 3. The summed E-state index contributed by atoms with van der Waals surface area (Å²) >= 11 is 6.16. The Bertz CT molecular complexity index is 873. The van der Waals surface area contributed by atoms with Crippen molar-refractivity contribution in [2.45, 2.75) is 33.4 Å². The van der Waals surface area contributed by atoms with Gasteiger partial charge in [0.2, 0.25) is 0 Å². The number of nitrogens with zero attached hydrogens (tertiary/aromatic N) is 2. The summed E-state index contributed by atoms with van der Waals surface area (Å²) in [7, 11) is 1.68. The van der Waals surface area contributed by atoms with E-state index < -0.39 is 0 Å². The summed E-state index contributed by atoms with van der Waals surface area (Å²) in [6, 6.07) is 14.0. The van der Waals surface area contributed by atoms with Crippen LogP contribution in [0.3, 0.4) is 0 Å². The number of ether oxygens (including phenoxy) is 1. The van der Waals surface area contributed by atoms with Gasteiger partial charge in [0.1, 0.15) is 11.6 Å². The minimum atomic E-state index is 0.692. The third-order valence-electron chi connectivity index (χ3n) is 4.45. The molecule has 3 aromatic rings. The van der Waals surface area contributed by atoms with Crippen LogP contribution < -0.4 is 10.1 Å². The van der Waals surface area contributed by atoms with E-state index >= 15 is 0 Å². The molecule has 0 atom stereocenters. The van der Waals surface area contributed by atoms with Crippen LogP contribution in [0.25, 0.3) is 11.0 Å². The lowest BCUT2D eigenvalue weighted by atomic mass is 10.1. The minimum absolute atomic E-state index is 0.692. The maximum atomic E-state index is 6.16. The van der Waals surface area contributed by atoms with E-state index in [2.05, 4.69) is 35.9 Å². The lowest BCUT2D eigenvalue weighted by molar-refractivity contribution is 0.415. The number of halogens is 1. The van der Waals surface area contributed by atoms with Crippen molar-refractivity contribution in [1.82, 2.24) is 14.9 Å². The smallest absolute Gasteiger partial charge is 0.124 e. The first kappa shape index (κ1) is 18.7. The molecule has 0 saturated carbocycles. The molecule has 0 saturated heterocycles. The SMILES string of the molecule is COc1ccc2c(c1)nc(CNCCC(C)C)n2Cc1cccc(Cl)c1. The van der Waals surface area contributed by atoms with E-state index in [1.165, 1.54) is 0 Å². The Morgan fingerprint density at radius 1 is 1.19 bits per heavy atom. The highest BCUT2D eigenvalue weighted by molar-refractivity contribution is 6.30. The van der Waals surface area contributed by atoms with Crippen molar-refractivity contribution in [3.05, 3.63) is 58.9 Å². The molecule has 0 radical (unpaired) electrons. The van der Waals surface area contributed by atoms with Gasteiger partial charge in [-0.3, -0.25) is 0 Å². The van der Waals surface area contributed by atoms with Crippen LogP contribution in [-0.2, 0) is 13.1 Å². The monoisotopic (exact) mass is 371 g/mol. The fraction of sp³-hybridized carbons (Fsp3) is 0.381. The number of rotatable bonds is 8. The van der Waals surface area contributed by atoms with Gasteiger partial charge in [-0.25, -0.2) is 4.98 Å². The fourth-order valence-corrected chi connectivity index (χ4v) is 3.22. The quantitative estimate of drug-likeness (QED) is 0.573. The van der Waals surface area contributed by atoms with Crippen molar-refractivity contribution >= 4 is 22.6 Å². The van der Waals surface area contributed by atoms with Crippen LogP contribution in [0.4, 0.5) is 0 Å². The van der Waals surface area contributed by atoms with Gasteiger partial charge in [-0.1, -0.05) is 37.6 Å². The molecule has 0 aliphatic rings. The summed E-state index contributed by atoms with van der Waals surface area (Å²) in [5.41, 5.74) is 3.22. The number of nitrogens with one attached hydrogen (secondary N) is 1. The third-order valence-corrected chi connectivity index (χ3v) is 4.68. The molecule has 0 unspecified atom stereocenters. The Balaban J connectivity index is 1.90. The molecule has 0 fully saturated rings. The van der Waals surface area contributed by atoms with Gasteiger partial charge < -0.3 is 14.6 Å². The molecule has 26 heavy (non-hydrogen) atoms. The van der Waals surface area contributed by atoms with Crippen LogP contribution in [0.5, 0.6) is 5.75 Å². The highest BCUT2D eigenvalue weighted by atomic mass is 35.5. The third kappa shape index (κ3) is 4.57. The molecule has 1 heterocycles. The Labute approximate surface area is 160 Å². The minimum Gasteiger partial charge on any atom is -0.497 e. The summed E-state index contributed by atoms with van der Waals surface area (Å²) in [4.78, 5) is 4.84. The zero-order valence-electron chi connectivity index (χ0n) is 15.6. The van der Waals surface area contributed by atoms with Crippen molar-refractivity contribution in [1.29, 1.82) is 0 Å². The van der Waals surface area contributed by atoms with Crippen LogP contribution in [0, 0.1) is 5.92 Å². The van der Waals surface area contributed by atoms with Gasteiger partial charge in [0.25, 0.3) is 0 Å². The summed E-state index contributed by atoms with van der Waals surface area (Å²) < 4.78 is 7.60. The summed E-state index contributed by atoms with van der Waals surface area (Å²) in [6.45, 7) is 6.95. The Hall–Kier alpha value is -2.04. The number of benzene rings is 2. The molecule has 1 N–H and O–H groups in total. The second-order valence-corrected chi connectivity index (χ2v) is 7.39. The van der Waals surface area contributed by atoms with Crippen LogP contribution in [0.1, 0.15) is 31.7 Å². The summed E-state index contributed by atoms with van der Waals surface area (Å²) in [5.74, 6) is 2.54. The van der Waals surface area contributed by atoms with Crippen LogP contribution >= 0.6 is 11.6 Å². The molecule has 1 aromatic heterocycles. The normalized spacial score (nSPS) is 11.4. The van der Waals surface area contributed by atoms with E-state index in [1.807, 2.05) is 30.3 Å². The number of fused-ring (bicyclic) bond motifs is 1. The molecule has 2 aromatic carbocycles. The van der Waals surface area contributed by atoms with Gasteiger partial charge in [0, 0.05) is 17.6 Å². The average Bonchev–Trinajstić information content (AvgIpc) is 2.95. The molecule has 5 heteroatoms. The first-order chi connectivity index (χ1) is 12.6. The van der Waals surface area contributed by atoms with Crippen LogP contribution in [0.15, 0.2) is 42.5 Å². The van der Waals surface area contributed by atoms with Gasteiger partial charge in [-0.15, -0.1) is 0 Å². The largest absolute Gasteiger partial charge is 0.497 e. The average molecular weight is 372 g/mol. The Morgan fingerprint density at radius 3 is 2.77 bits per heavy atom. The zero-order chi connectivity index (χ0) is 18.5.